The number of nitrogens with zero attached hydrogens (tertiary/aromatic N) is 1. The highest BCUT2D eigenvalue weighted by molar-refractivity contribution is 6.32. The van der Waals surface area contributed by atoms with Gasteiger partial charge in [0, 0.05) is 6.04 Å². The second-order valence-electron chi connectivity index (χ2n) is 3.86. The fourth-order valence-corrected chi connectivity index (χ4v) is 1.76. The molecule has 1 unspecified atom stereocenters. The minimum atomic E-state index is -0.567. The molecule has 1 amide bonds. The average molecular weight is 259 g/mol. The molecule has 1 aromatic heterocycles. The van der Waals surface area contributed by atoms with Gasteiger partial charge in [0.15, 0.2) is 0 Å². The largest absolute Gasteiger partial charge is 0.349 e. The van der Waals surface area contributed by atoms with Crippen LogP contribution in [0.2, 0.25) is 5.15 Å². The summed E-state index contributed by atoms with van der Waals surface area (Å²) < 4.78 is 13.0. The molecular formula is C12H16ClFN2O. The molecule has 0 aromatic carbocycles. The molecule has 0 saturated heterocycles. The summed E-state index contributed by atoms with van der Waals surface area (Å²) in [5.74, 6) is -0.939. The van der Waals surface area contributed by atoms with E-state index in [-0.39, 0.29) is 22.7 Å². The summed E-state index contributed by atoms with van der Waals surface area (Å²) in [7, 11) is 0. The maximum absolute atomic E-state index is 13.0. The van der Waals surface area contributed by atoms with Crippen LogP contribution in [0.15, 0.2) is 12.3 Å². The zero-order valence-corrected chi connectivity index (χ0v) is 10.7. The predicted molar refractivity (Wildman–Crippen MR) is 65.7 cm³/mol. The zero-order valence-electron chi connectivity index (χ0n) is 9.96. The van der Waals surface area contributed by atoms with Gasteiger partial charge in [0.1, 0.15) is 11.0 Å². The summed E-state index contributed by atoms with van der Waals surface area (Å²) in [6.45, 7) is 4.04. The standard InChI is InChI=1S/C12H16ClFN2O/c1-3-5-9(4-2)16-12(17)10-6-8(14)7-15-11(10)13/h6-7,9H,3-5H2,1-2H3,(H,16,17). The van der Waals surface area contributed by atoms with Crippen LogP contribution in [0, 0.1) is 5.82 Å². The molecule has 1 aromatic rings. The highest BCUT2D eigenvalue weighted by atomic mass is 35.5. The van der Waals surface area contributed by atoms with Crippen molar-refractivity contribution < 1.29 is 9.18 Å². The topological polar surface area (TPSA) is 42.0 Å². The summed E-state index contributed by atoms with van der Waals surface area (Å²) in [6, 6.07) is 1.19. The Kier molecular flexibility index (Phi) is 5.35. The Morgan fingerprint density at radius 2 is 2.29 bits per heavy atom. The molecule has 17 heavy (non-hydrogen) atoms. The molecule has 0 aliphatic rings. The third kappa shape index (κ3) is 3.97. The van der Waals surface area contributed by atoms with E-state index in [4.69, 9.17) is 11.6 Å². The molecule has 1 atom stereocenters. The van der Waals surface area contributed by atoms with E-state index in [0.717, 1.165) is 31.5 Å². The monoisotopic (exact) mass is 258 g/mol. The quantitative estimate of drug-likeness (QED) is 0.824. The molecule has 0 aliphatic carbocycles. The number of pyridine rings is 1. The van der Waals surface area contributed by atoms with Crippen LogP contribution in [0.1, 0.15) is 43.5 Å². The molecule has 0 radical (unpaired) electrons. The predicted octanol–water partition coefficient (Wildman–Crippen LogP) is 3.18. The molecule has 1 heterocycles. The van der Waals surface area contributed by atoms with Gasteiger partial charge in [-0.15, -0.1) is 0 Å². The van der Waals surface area contributed by atoms with Crippen molar-refractivity contribution in [1.82, 2.24) is 10.3 Å². The van der Waals surface area contributed by atoms with Gasteiger partial charge in [0.2, 0.25) is 0 Å². The van der Waals surface area contributed by atoms with Gasteiger partial charge in [-0.1, -0.05) is 31.9 Å². The van der Waals surface area contributed by atoms with Crippen molar-refractivity contribution in [3.8, 4) is 0 Å². The first-order valence-electron chi connectivity index (χ1n) is 5.70. The van der Waals surface area contributed by atoms with Gasteiger partial charge in [-0.05, 0) is 18.9 Å². The molecule has 1 N–H and O–H groups in total. The lowest BCUT2D eigenvalue weighted by molar-refractivity contribution is 0.0933. The van der Waals surface area contributed by atoms with E-state index < -0.39 is 5.82 Å². The normalized spacial score (nSPS) is 12.2. The van der Waals surface area contributed by atoms with Crippen LogP contribution in [0.5, 0.6) is 0 Å². The van der Waals surface area contributed by atoms with Gasteiger partial charge >= 0.3 is 0 Å². The fourth-order valence-electron chi connectivity index (χ4n) is 1.57. The number of aromatic nitrogens is 1. The second-order valence-corrected chi connectivity index (χ2v) is 4.22. The molecule has 3 nitrogen and oxygen atoms in total. The molecule has 5 heteroatoms. The highest BCUT2D eigenvalue weighted by Gasteiger charge is 2.15. The van der Waals surface area contributed by atoms with Gasteiger partial charge < -0.3 is 5.32 Å². The number of amides is 1. The first-order valence-corrected chi connectivity index (χ1v) is 6.08. The Bertz CT molecular complexity index is 398. The summed E-state index contributed by atoms with van der Waals surface area (Å²) in [4.78, 5) is 15.5. The first-order chi connectivity index (χ1) is 8.08. The number of carbonyl (C=O) groups is 1. The van der Waals surface area contributed by atoms with Crippen LogP contribution in [-0.4, -0.2) is 16.9 Å². The second kappa shape index (κ2) is 6.55. The molecule has 0 spiro atoms. The first kappa shape index (κ1) is 13.9. The van der Waals surface area contributed by atoms with Crippen LogP contribution in [0.4, 0.5) is 4.39 Å². The molecule has 0 fully saturated rings. The average Bonchev–Trinajstić information content (AvgIpc) is 2.31. The van der Waals surface area contributed by atoms with Crippen molar-refractivity contribution in [1.29, 1.82) is 0 Å². The molecular weight excluding hydrogens is 243 g/mol. The maximum Gasteiger partial charge on any atom is 0.254 e. The Morgan fingerprint density at radius 1 is 1.59 bits per heavy atom. The minimum Gasteiger partial charge on any atom is -0.349 e. The van der Waals surface area contributed by atoms with Gasteiger partial charge in [0.05, 0.1) is 11.8 Å². The van der Waals surface area contributed by atoms with Crippen LogP contribution in [0.25, 0.3) is 0 Å². The summed E-state index contributed by atoms with van der Waals surface area (Å²) in [5, 5.41) is 2.85. The SMILES string of the molecule is CCCC(CC)NC(=O)c1cc(F)cnc1Cl. The van der Waals surface area contributed by atoms with Gasteiger partial charge in [-0.2, -0.15) is 0 Å². The fraction of sp³-hybridized carbons (Fsp3) is 0.500. The molecule has 0 aliphatic heterocycles. The van der Waals surface area contributed by atoms with E-state index in [9.17, 15) is 9.18 Å². The Balaban J connectivity index is 2.78. The molecule has 0 bridgehead atoms. The van der Waals surface area contributed by atoms with Gasteiger partial charge in [-0.25, -0.2) is 9.37 Å². The van der Waals surface area contributed by atoms with Gasteiger partial charge in [-0.3, -0.25) is 4.79 Å². The van der Waals surface area contributed by atoms with Crippen molar-refractivity contribution in [3.63, 3.8) is 0 Å². The van der Waals surface area contributed by atoms with Crippen molar-refractivity contribution in [3.05, 3.63) is 28.8 Å². The highest BCUT2D eigenvalue weighted by Crippen LogP contribution is 2.14. The van der Waals surface area contributed by atoms with E-state index in [1.165, 1.54) is 0 Å². The Hall–Kier alpha value is -1.16. The third-order valence-corrected chi connectivity index (χ3v) is 2.82. The Labute approximate surface area is 105 Å². The molecule has 94 valence electrons. The summed E-state index contributed by atoms with van der Waals surface area (Å²) in [5.41, 5.74) is 0.0845. The van der Waals surface area contributed by atoms with Crippen molar-refractivity contribution in [2.24, 2.45) is 0 Å². The van der Waals surface area contributed by atoms with E-state index in [0.29, 0.717) is 0 Å². The van der Waals surface area contributed by atoms with Crippen molar-refractivity contribution in [2.75, 3.05) is 0 Å². The number of halogens is 2. The van der Waals surface area contributed by atoms with Gasteiger partial charge in [0.25, 0.3) is 5.91 Å². The number of nitrogens with one attached hydrogen (secondary N) is 1. The lowest BCUT2D eigenvalue weighted by atomic mass is 10.1. The smallest absolute Gasteiger partial charge is 0.254 e. The number of rotatable bonds is 5. The third-order valence-electron chi connectivity index (χ3n) is 2.52. The summed E-state index contributed by atoms with van der Waals surface area (Å²) >= 11 is 5.76. The van der Waals surface area contributed by atoms with Crippen LogP contribution < -0.4 is 5.32 Å². The Morgan fingerprint density at radius 3 is 2.88 bits per heavy atom. The zero-order chi connectivity index (χ0) is 12.8. The lowest BCUT2D eigenvalue weighted by Gasteiger charge is -2.16. The van der Waals surface area contributed by atoms with E-state index >= 15 is 0 Å². The maximum atomic E-state index is 13.0. The van der Waals surface area contributed by atoms with Crippen molar-refractivity contribution >= 4 is 17.5 Å². The van der Waals surface area contributed by atoms with E-state index in [1.807, 2.05) is 13.8 Å². The van der Waals surface area contributed by atoms with Crippen LogP contribution >= 0.6 is 11.6 Å². The van der Waals surface area contributed by atoms with E-state index in [1.54, 1.807) is 0 Å². The lowest BCUT2D eigenvalue weighted by Crippen LogP contribution is -2.34. The van der Waals surface area contributed by atoms with Crippen LogP contribution in [0.3, 0.4) is 0 Å². The summed E-state index contributed by atoms with van der Waals surface area (Å²) in [6.07, 6.45) is 3.69. The number of hydrogen-bond donors (Lipinski definition) is 1. The molecule has 0 saturated carbocycles. The minimum absolute atomic E-state index is 0.0234. The van der Waals surface area contributed by atoms with Crippen LogP contribution in [-0.2, 0) is 0 Å². The van der Waals surface area contributed by atoms with Crippen molar-refractivity contribution in [2.45, 2.75) is 39.2 Å². The number of carbonyl (C=O) groups excluding carboxylic acids is 1. The number of hydrogen-bond acceptors (Lipinski definition) is 2. The van der Waals surface area contributed by atoms with E-state index in [2.05, 4.69) is 10.3 Å². The molecule has 1 rings (SSSR count).